The van der Waals surface area contributed by atoms with Gasteiger partial charge in [-0.15, -0.1) is 0 Å². The summed E-state index contributed by atoms with van der Waals surface area (Å²) < 4.78 is 13.2. The molecule has 150 valence electrons. The molecule has 5 rings (SSSR count). The summed E-state index contributed by atoms with van der Waals surface area (Å²) in [5.74, 6) is 0.0389. The van der Waals surface area contributed by atoms with Gasteiger partial charge in [0.2, 0.25) is 5.89 Å². The van der Waals surface area contributed by atoms with Crippen molar-refractivity contribution in [3.8, 4) is 22.7 Å². The molecule has 1 fully saturated rings. The van der Waals surface area contributed by atoms with Crippen molar-refractivity contribution in [1.82, 2.24) is 24.8 Å². The zero-order valence-corrected chi connectivity index (χ0v) is 16.0. The molecule has 3 N–H and O–H groups in total. The molecule has 0 aliphatic carbocycles. The van der Waals surface area contributed by atoms with Crippen LogP contribution >= 0.6 is 0 Å². The van der Waals surface area contributed by atoms with E-state index in [0.717, 1.165) is 5.56 Å². The SMILES string of the molecule is [2H]c1nc(N)c2nc(-c3cccc(-c4nc(C5(O)CCN(C)C5=O)co4)c3)ccc2n1. The summed E-state index contributed by atoms with van der Waals surface area (Å²) in [6.45, 7) is 0.454. The highest BCUT2D eigenvalue weighted by atomic mass is 16.3. The molecule has 4 heterocycles. The number of hydrogen-bond donors (Lipinski definition) is 2. The number of carbonyl (C=O) groups is 1. The molecule has 0 bridgehead atoms. The van der Waals surface area contributed by atoms with Crippen molar-refractivity contribution in [2.75, 3.05) is 19.3 Å². The number of likely N-dealkylation sites (tertiary alicyclic amines) is 1. The number of oxazole rings is 1. The number of hydrogen-bond acceptors (Lipinski definition) is 8. The quantitative estimate of drug-likeness (QED) is 0.531. The number of rotatable bonds is 3. The largest absolute Gasteiger partial charge is 0.444 e. The molecule has 9 nitrogen and oxygen atoms in total. The van der Waals surface area contributed by atoms with Gasteiger partial charge in [-0.05, 0) is 24.3 Å². The van der Waals surface area contributed by atoms with Crippen molar-refractivity contribution in [3.05, 3.63) is 54.7 Å². The summed E-state index contributed by atoms with van der Waals surface area (Å²) in [5, 5.41) is 10.8. The second-order valence-corrected chi connectivity index (χ2v) is 7.23. The Hall–Kier alpha value is -3.85. The fourth-order valence-electron chi connectivity index (χ4n) is 3.58. The van der Waals surface area contributed by atoms with Crippen molar-refractivity contribution in [1.29, 1.82) is 0 Å². The monoisotopic (exact) mass is 403 g/mol. The minimum absolute atomic E-state index is 0.143. The Labute approximate surface area is 172 Å². The van der Waals surface area contributed by atoms with Crippen LogP contribution in [0.3, 0.4) is 0 Å². The third-order valence-electron chi connectivity index (χ3n) is 5.30. The lowest BCUT2D eigenvalue weighted by atomic mass is 9.99. The van der Waals surface area contributed by atoms with Crippen LogP contribution in [0.5, 0.6) is 0 Å². The highest BCUT2D eigenvalue weighted by Gasteiger charge is 2.47. The van der Waals surface area contributed by atoms with E-state index < -0.39 is 11.5 Å². The average Bonchev–Trinajstić information content (AvgIpc) is 3.36. The third-order valence-corrected chi connectivity index (χ3v) is 5.30. The summed E-state index contributed by atoms with van der Waals surface area (Å²) in [5.41, 5.74) is 7.44. The Morgan fingerprint density at radius 1 is 1.23 bits per heavy atom. The van der Waals surface area contributed by atoms with E-state index in [1.807, 2.05) is 24.3 Å². The van der Waals surface area contributed by atoms with E-state index in [0.29, 0.717) is 28.8 Å². The molecule has 1 atom stereocenters. The van der Waals surface area contributed by atoms with Crippen LogP contribution in [0.4, 0.5) is 5.82 Å². The average molecular weight is 403 g/mol. The van der Waals surface area contributed by atoms with E-state index in [9.17, 15) is 9.90 Å². The zero-order chi connectivity index (χ0) is 21.8. The van der Waals surface area contributed by atoms with Gasteiger partial charge >= 0.3 is 0 Å². The lowest BCUT2D eigenvalue weighted by Crippen LogP contribution is -2.36. The van der Waals surface area contributed by atoms with E-state index in [2.05, 4.69) is 19.9 Å². The number of likely N-dealkylation sites (N-methyl/N-ethyl adjacent to an activating group) is 1. The first-order valence-electron chi connectivity index (χ1n) is 9.81. The summed E-state index contributed by atoms with van der Waals surface area (Å²) in [6, 6.07) is 10.9. The maximum atomic E-state index is 12.3. The van der Waals surface area contributed by atoms with E-state index >= 15 is 0 Å². The van der Waals surface area contributed by atoms with Crippen LogP contribution in [0.2, 0.25) is 0 Å². The fraction of sp³-hybridized carbons (Fsp3) is 0.190. The summed E-state index contributed by atoms with van der Waals surface area (Å²) in [6.07, 6.45) is 1.43. The number of aliphatic hydroxyl groups is 1. The van der Waals surface area contributed by atoms with Crippen LogP contribution < -0.4 is 5.73 Å². The molecule has 3 aromatic heterocycles. The smallest absolute Gasteiger partial charge is 0.260 e. The summed E-state index contributed by atoms with van der Waals surface area (Å²) in [4.78, 5) is 30.6. The Bertz CT molecular complexity index is 1340. The number of pyridine rings is 1. The number of nitrogens with two attached hydrogens (primary N) is 1. The molecular formula is C21H18N6O3. The van der Waals surface area contributed by atoms with Crippen LogP contribution in [-0.2, 0) is 10.4 Å². The van der Waals surface area contributed by atoms with Gasteiger partial charge in [0.25, 0.3) is 5.91 Å². The van der Waals surface area contributed by atoms with Gasteiger partial charge in [-0.2, -0.15) is 0 Å². The standard InChI is InChI=1S/C21H18N6O3/c1-27-8-7-21(29,20(27)28)16-10-30-19(26-16)13-4-2-3-12(9-13)14-5-6-15-17(25-14)18(22)24-11-23-15/h2-6,9-11,29H,7-8H2,1H3,(H2,22,23,24)/i11D. The van der Waals surface area contributed by atoms with Gasteiger partial charge in [0, 0.05) is 31.1 Å². The maximum Gasteiger partial charge on any atom is 0.260 e. The lowest BCUT2D eigenvalue weighted by Gasteiger charge is -2.17. The molecule has 1 aliphatic rings. The number of nitrogen functional groups attached to an aromatic ring is 1. The van der Waals surface area contributed by atoms with Crippen molar-refractivity contribution >= 4 is 22.8 Å². The number of amides is 1. The zero-order valence-electron chi connectivity index (χ0n) is 17.0. The molecule has 0 radical (unpaired) electrons. The van der Waals surface area contributed by atoms with Crippen LogP contribution in [0, 0.1) is 0 Å². The van der Waals surface area contributed by atoms with Gasteiger partial charge in [0.15, 0.2) is 11.4 Å². The van der Waals surface area contributed by atoms with E-state index in [1.54, 1.807) is 19.2 Å². The van der Waals surface area contributed by atoms with Crippen molar-refractivity contribution in [2.24, 2.45) is 0 Å². The number of anilines is 1. The second-order valence-electron chi connectivity index (χ2n) is 7.23. The minimum Gasteiger partial charge on any atom is -0.444 e. The van der Waals surface area contributed by atoms with Gasteiger partial charge in [-0.25, -0.2) is 19.9 Å². The molecule has 30 heavy (non-hydrogen) atoms. The second kappa shape index (κ2) is 6.60. The van der Waals surface area contributed by atoms with Gasteiger partial charge in [-0.1, -0.05) is 12.1 Å². The molecule has 1 amide bonds. The molecular weight excluding hydrogens is 384 g/mol. The number of aromatic nitrogens is 4. The predicted octanol–water partition coefficient (Wildman–Crippen LogP) is 1.98. The van der Waals surface area contributed by atoms with Gasteiger partial charge < -0.3 is 20.2 Å². The minimum atomic E-state index is -1.66. The highest BCUT2D eigenvalue weighted by molar-refractivity contribution is 5.88. The molecule has 1 aromatic carbocycles. The molecule has 0 spiro atoms. The Morgan fingerprint density at radius 3 is 2.87 bits per heavy atom. The number of fused-ring (bicyclic) bond motifs is 1. The molecule has 9 heteroatoms. The Kier molecular flexibility index (Phi) is 3.75. The van der Waals surface area contributed by atoms with Crippen molar-refractivity contribution in [3.63, 3.8) is 0 Å². The Morgan fingerprint density at radius 2 is 2.07 bits per heavy atom. The number of nitrogens with zero attached hydrogens (tertiary/aromatic N) is 5. The summed E-state index contributed by atoms with van der Waals surface area (Å²) in [7, 11) is 1.64. The van der Waals surface area contributed by atoms with E-state index in [4.69, 9.17) is 11.5 Å². The summed E-state index contributed by atoms with van der Waals surface area (Å²) >= 11 is 0. The topological polar surface area (TPSA) is 131 Å². The maximum absolute atomic E-state index is 12.3. The van der Waals surface area contributed by atoms with Gasteiger partial charge in [0.1, 0.15) is 25.1 Å². The predicted molar refractivity (Wildman–Crippen MR) is 109 cm³/mol. The van der Waals surface area contributed by atoms with Gasteiger partial charge in [0.05, 0.1) is 11.2 Å². The van der Waals surface area contributed by atoms with Crippen LogP contribution in [0.1, 0.15) is 13.5 Å². The molecule has 4 aromatic rings. The number of carbonyl (C=O) groups excluding carboxylic acids is 1. The van der Waals surface area contributed by atoms with Crippen LogP contribution in [0.15, 0.2) is 53.4 Å². The van der Waals surface area contributed by atoms with E-state index in [-0.39, 0.29) is 30.1 Å². The van der Waals surface area contributed by atoms with Gasteiger partial charge in [-0.3, -0.25) is 4.79 Å². The third kappa shape index (κ3) is 2.79. The fourth-order valence-corrected chi connectivity index (χ4v) is 3.58. The van der Waals surface area contributed by atoms with Crippen LogP contribution in [0.25, 0.3) is 33.7 Å². The van der Waals surface area contributed by atoms with E-state index in [1.165, 1.54) is 11.2 Å². The highest BCUT2D eigenvalue weighted by Crippen LogP contribution is 2.34. The first kappa shape index (κ1) is 17.0. The number of benzene rings is 1. The molecule has 0 saturated carbocycles. The normalized spacial score (nSPS) is 19.5. The molecule has 1 saturated heterocycles. The van der Waals surface area contributed by atoms with Crippen molar-refractivity contribution in [2.45, 2.75) is 12.0 Å². The molecule has 1 unspecified atom stereocenters. The lowest BCUT2D eigenvalue weighted by molar-refractivity contribution is -0.143. The molecule has 1 aliphatic heterocycles. The first-order valence-corrected chi connectivity index (χ1v) is 9.31. The first-order chi connectivity index (χ1) is 14.8. The Balaban J connectivity index is 1.51. The van der Waals surface area contributed by atoms with Crippen LogP contribution in [-0.4, -0.2) is 49.4 Å². The van der Waals surface area contributed by atoms with Crippen molar-refractivity contribution < 1.29 is 15.7 Å².